The van der Waals surface area contributed by atoms with Gasteiger partial charge in [0.25, 0.3) is 0 Å². The first-order valence-corrected chi connectivity index (χ1v) is 5.63. The van der Waals surface area contributed by atoms with E-state index in [-0.39, 0.29) is 0 Å². The molecule has 0 amide bonds. The van der Waals surface area contributed by atoms with Gasteiger partial charge in [-0.2, -0.15) is 5.26 Å². The van der Waals surface area contributed by atoms with Crippen LogP contribution in [0.4, 0.5) is 0 Å². The predicted octanol–water partition coefficient (Wildman–Crippen LogP) is 3.15. The summed E-state index contributed by atoms with van der Waals surface area (Å²) in [6, 6.07) is 9.23. The largest absolute Gasteiger partial charge is 0.245 e. The first kappa shape index (κ1) is 10.9. The highest BCUT2D eigenvalue weighted by atomic mass is 35.5. The van der Waals surface area contributed by atoms with E-state index in [1.807, 2.05) is 12.1 Å². The fourth-order valence-corrected chi connectivity index (χ4v) is 2.28. The first-order valence-electron chi connectivity index (χ1n) is 4.44. The van der Waals surface area contributed by atoms with Crippen LogP contribution in [0.5, 0.6) is 0 Å². The molecule has 0 saturated carbocycles. The Morgan fingerprint density at radius 3 is 2.88 bits per heavy atom. The van der Waals surface area contributed by atoms with Gasteiger partial charge in [-0.05, 0) is 18.2 Å². The van der Waals surface area contributed by atoms with Gasteiger partial charge in [0, 0.05) is 11.1 Å². The Morgan fingerprint density at radius 1 is 1.31 bits per heavy atom. The molecule has 1 aromatic heterocycles. The molecular weight excluding hydrogens is 242 g/mol. The van der Waals surface area contributed by atoms with Crippen LogP contribution in [0.2, 0.25) is 5.02 Å². The number of benzene rings is 1. The second kappa shape index (κ2) is 4.97. The van der Waals surface area contributed by atoms with Crippen molar-refractivity contribution in [1.29, 1.82) is 5.26 Å². The summed E-state index contributed by atoms with van der Waals surface area (Å²) >= 11 is 7.32. The summed E-state index contributed by atoms with van der Waals surface area (Å²) < 4.78 is 0. The molecule has 3 nitrogen and oxygen atoms in total. The summed E-state index contributed by atoms with van der Waals surface area (Å²) in [6.07, 6.45) is 3.13. The van der Waals surface area contributed by atoms with Crippen LogP contribution in [-0.4, -0.2) is 9.97 Å². The number of rotatable bonds is 2. The van der Waals surface area contributed by atoms with Crippen LogP contribution in [0.25, 0.3) is 0 Å². The Morgan fingerprint density at radius 2 is 2.19 bits per heavy atom. The molecule has 1 aromatic carbocycles. The molecule has 0 N–H and O–H groups in total. The zero-order valence-corrected chi connectivity index (χ0v) is 9.66. The highest BCUT2D eigenvalue weighted by molar-refractivity contribution is 7.99. The standard InChI is InChI=1S/C11H6ClN3S/c12-9-2-1-3-10(8(9)6-13)16-11-4-5-14-7-15-11/h1-5,7H. The lowest BCUT2D eigenvalue weighted by Gasteiger charge is -2.03. The van der Waals surface area contributed by atoms with E-state index in [9.17, 15) is 0 Å². The van der Waals surface area contributed by atoms with Crippen molar-refractivity contribution < 1.29 is 0 Å². The molecule has 2 rings (SSSR count). The van der Waals surface area contributed by atoms with Gasteiger partial charge in [-0.15, -0.1) is 0 Å². The monoisotopic (exact) mass is 247 g/mol. The topological polar surface area (TPSA) is 49.6 Å². The minimum atomic E-state index is 0.460. The Bertz CT molecular complexity index is 537. The van der Waals surface area contributed by atoms with Gasteiger partial charge in [-0.1, -0.05) is 29.4 Å². The van der Waals surface area contributed by atoms with Crippen molar-refractivity contribution in [3.05, 3.63) is 47.4 Å². The summed E-state index contributed by atoms with van der Waals surface area (Å²) in [4.78, 5) is 8.71. The van der Waals surface area contributed by atoms with Gasteiger partial charge in [0.1, 0.15) is 17.4 Å². The molecule has 0 aliphatic heterocycles. The summed E-state index contributed by atoms with van der Waals surface area (Å²) in [5.41, 5.74) is 0.479. The minimum Gasteiger partial charge on any atom is -0.245 e. The molecule has 0 bridgehead atoms. The molecule has 1 heterocycles. The SMILES string of the molecule is N#Cc1c(Cl)cccc1Sc1ccncn1. The number of hydrogen-bond acceptors (Lipinski definition) is 4. The zero-order valence-electron chi connectivity index (χ0n) is 8.09. The van der Waals surface area contributed by atoms with E-state index in [0.717, 1.165) is 9.92 Å². The normalized spacial score (nSPS) is 9.75. The molecular formula is C11H6ClN3S. The van der Waals surface area contributed by atoms with Crippen LogP contribution < -0.4 is 0 Å². The van der Waals surface area contributed by atoms with Crippen LogP contribution in [0.15, 0.2) is 46.7 Å². The summed E-state index contributed by atoms with van der Waals surface area (Å²) in [5.74, 6) is 0. The van der Waals surface area contributed by atoms with Gasteiger partial charge in [0.15, 0.2) is 0 Å². The maximum Gasteiger partial charge on any atom is 0.116 e. The minimum absolute atomic E-state index is 0.460. The Hall–Kier alpha value is -1.57. The van der Waals surface area contributed by atoms with Crippen LogP contribution in [0, 0.1) is 11.3 Å². The second-order valence-electron chi connectivity index (χ2n) is 2.87. The third-order valence-corrected chi connectivity index (χ3v) is 3.18. The molecule has 78 valence electrons. The quantitative estimate of drug-likeness (QED) is 0.765. The third kappa shape index (κ3) is 2.32. The molecule has 0 radical (unpaired) electrons. The molecule has 0 fully saturated rings. The smallest absolute Gasteiger partial charge is 0.116 e. The van der Waals surface area contributed by atoms with E-state index in [1.54, 1.807) is 18.3 Å². The van der Waals surface area contributed by atoms with Gasteiger partial charge in [-0.3, -0.25) is 0 Å². The van der Waals surface area contributed by atoms with Crippen molar-refractivity contribution in [3.8, 4) is 6.07 Å². The Labute approximate surface area is 102 Å². The average Bonchev–Trinajstić information content (AvgIpc) is 2.31. The lowest BCUT2D eigenvalue weighted by Crippen LogP contribution is -1.85. The van der Waals surface area contributed by atoms with Gasteiger partial charge < -0.3 is 0 Å². The van der Waals surface area contributed by atoms with Crippen LogP contribution in [-0.2, 0) is 0 Å². The van der Waals surface area contributed by atoms with Crippen molar-refractivity contribution in [2.24, 2.45) is 0 Å². The number of hydrogen-bond donors (Lipinski definition) is 0. The average molecular weight is 248 g/mol. The van der Waals surface area contributed by atoms with Gasteiger partial charge in [0.05, 0.1) is 10.6 Å². The van der Waals surface area contributed by atoms with Gasteiger partial charge in [-0.25, -0.2) is 9.97 Å². The maximum atomic E-state index is 9.00. The maximum absolute atomic E-state index is 9.00. The van der Waals surface area contributed by atoms with Crippen LogP contribution in [0.3, 0.4) is 0 Å². The van der Waals surface area contributed by atoms with Crippen molar-refractivity contribution in [2.45, 2.75) is 9.92 Å². The zero-order chi connectivity index (χ0) is 11.4. The molecule has 0 unspecified atom stereocenters. The molecule has 16 heavy (non-hydrogen) atoms. The molecule has 0 spiro atoms. The fourth-order valence-electron chi connectivity index (χ4n) is 1.15. The number of nitriles is 1. The van der Waals surface area contributed by atoms with Crippen LogP contribution in [0.1, 0.15) is 5.56 Å². The highest BCUT2D eigenvalue weighted by Gasteiger charge is 2.07. The summed E-state index contributed by atoms with van der Waals surface area (Å²) in [6.45, 7) is 0. The van der Waals surface area contributed by atoms with E-state index in [1.165, 1.54) is 18.1 Å². The van der Waals surface area contributed by atoms with E-state index in [2.05, 4.69) is 16.0 Å². The molecule has 0 atom stereocenters. The Balaban J connectivity index is 2.36. The molecule has 0 aliphatic carbocycles. The lowest BCUT2D eigenvalue weighted by molar-refractivity contribution is 1.05. The second-order valence-corrected chi connectivity index (χ2v) is 4.34. The summed E-state index contributed by atoms with van der Waals surface area (Å²) in [5, 5.41) is 10.2. The predicted molar refractivity (Wildman–Crippen MR) is 62.3 cm³/mol. The lowest BCUT2D eigenvalue weighted by atomic mass is 10.2. The van der Waals surface area contributed by atoms with Crippen molar-refractivity contribution in [3.63, 3.8) is 0 Å². The fraction of sp³-hybridized carbons (Fsp3) is 0. The number of halogens is 1. The molecule has 2 aromatic rings. The molecule has 0 saturated heterocycles. The third-order valence-electron chi connectivity index (χ3n) is 1.86. The molecule has 5 heteroatoms. The highest BCUT2D eigenvalue weighted by Crippen LogP contribution is 2.31. The van der Waals surface area contributed by atoms with Crippen molar-refractivity contribution in [1.82, 2.24) is 9.97 Å². The van der Waals surface area contributed by atoms with E-state index < -0.39 is 0 Å². The van der Waals surface area contributed by atoms with Crippen LogP contribution >= 0.6 is 23.4 Å². The molecule has 0 aliphatic rings. The number of aromatic nitrogens is 2. The summed E-state index contributed by atoms with van der Waals surface area (Å²) in [7, 11) is 0. The van der Waals surface area contributed by atoms with Crippen molar-refractivity contribution in [2.75, 3.05) is 0 Å². The van der Waals surface area contributed by atoms with Crippen molar-refractivity contribution >= 4 is 23.4 Å². The Kier molecular flexibility index (Phi) is 3.40. The van der Waals surface area contributed by atoms with Gasteiger partial charge >= 0.3 is 0 Å². The van der Waals surface area contributed by atoms with E-state index >= 15 is 0 Å². The van der Waals surface area contributed by atoms with Gasteiger partial charge in [0.2, 0.25) is 0 Å². The van der Waals surface area contributed by atoms with E-state index in [4.69, 9.17) is 16.9 Å². The number of nitrogens with zero attached hydrogens (tertiary/aromatic N) is 3. The first-order chi connectivity index (χ1) is 7.81. The van der Waals surface area contributed by atoms with E-state index in [0.29, 0.717) is 10.6 Å².